The molecule has 1 saturated carbocycles. The fourth-order valence-electron chi connectivity index (χ4n) is 2.43. The van der Waals surface area contributed by atoms with Gasteiger partial charge >= 0.3 is 0 Å². The number of rotatable bonds is 6. The zero-order valence-electron chi connectivity index (χ0n) is 10.1. The Labute approximate surface area is 98.5 Å². The van der Waals surface area contributed by atoms with E-state index in [1.807, 2.05) is 7.05 Å². The highest BCUT2D eigenvalue weighted by Gasteiger charge is 2.30. The third-order valence-corrected chi connectivity index (χ3v) is 3.59. The van der Waals surface area contributed by atoms with E-state index in [4.69, 9.17) is 11.2 Å². The van der Waals surface area contributed by atoms with Gasteiger partial charge in [0.05, 0.1) is 19.8 Å². The van der Waals surface area contributed by atoms with Gasteiger partial charge in [-0.2, -0.15) is 0 Å². The molecule has 3 nitrogen and oxygen atoms in total. The lowest BCUT2D eigenvalue weighted by atomic mass is 10.0. The van der Waals surface area contributed by atoms with Gasteiger partial charge in [-0.25, -0.2) is 0 Å². The minimum absolute atomic E-state index is 0.500. The van der Waals surface area contributed by atoms with Crippen LogP contribution in [0.3, 0.4) is 0 Å². The number of ether oxygens (including phenoxy) is 1. The molecule has 0 bridgehead atoms. The van der Waals surface area contributed by atoms with Crippen molar-refractivity contribution in [2.24, 2.45) is 11.8 Å². The van der Waals surface area contributed by atoms with Gasteiger partial charge in [-0.3, -0.25) is 4.90 Å². The third kappa shape index (κ3) is 3.21. The van der Waals surface area contributed by atoms with Crippen molar-refractivity contribution < 1.29 is 4.74 Å². The van der Waals surface area contributed by atoms with Gasteiger partial charge in [0.1, 0.15) is 0 Å². The van der Waals surface area contributed by atoms with Gasteiger partial charge in [0, 0.05) is 25.0 Å². The first-order valence-corrected chi connectivity index (χ1v) is 6.24. The molecule has 0 radical (unpaired) electrons. The van der Waals surface area contributed by atoms with E-state index in [1.54, 1.807) is 0 Å². The molecule has 16 heavy (non-hydrogen) atoms. The summed E-state index contributed by atoms with van der Waals surface area (Å²) in [7, 11) is 2.01. The molecule has 1 N–H and O–H groups in total. The Morgan fingerprint density at radius 2 is 2.19 bits per heavy atom. The van der Waals surface area contributed by atoms with Gasteiger partial charge in [-0.05, 0) is 25.8 Å². The van der Waals surface area contributed by atoms with Crippen molar-refractivity contribution in [3.8, 4) is 12.3 Å². The van der Waals surface area contributed by atoms with Crippen LogP contribution in [-0.4, -0.2) is 50.8 Å². The number of hydrogen-bond donors (Lipinski definition) is 1. The van der Waals surface area contributed by atoms with Crippen LogP contribution in [0.15, 0.2) is 0 Å². The van der Waals surface area contributed by atoms with Gasteiger partial charge in [-0.15, -0.1) is 6.42 Å². The number of terminal acetylenes is 1. The largest absolute Gasteiger partial charge is 0.379 e. The molecule has 2 rings (SSSR count). The summed E-state index contributed by atoms with van der Waals surface area (Å²) in [5.74, 6) is 4.27. The summed E-state index contributed by atoms with van der Waals surface area (Å²) < 4.78 is 5.52. The molecule has 0 aromatic carbocycles. The molecule has 1 aliphatic heterocycles. The number of likely N-dealkylation sites (N-methyl/N-ethyl adjacent to an activating group) is 1. The molecule has 0 aromatic heterocycles. The van der Waals surface area contributed by atoms with Crippen LogP contribution in [0.25, 0.3) is 0 Å². The smallest absolute Gasteiger partial charge is 0.0623 e. The van der Waals surface area contributed by atoms with Crippen LogP contribution in [-0.2, 0) is 4.74 Å². The second-order valence-electron chi connectivity index (χ2n) is 5.03. The van der Waals surface area contributed by atoms with Crippen molar-refractivity contribution in [1.82, 2.24) is 10.2 Å². The Bertz CT molecular complexity index is 257. The maximum atomic E-state index is 5.52. The summed E-state index contributed by atoms with van der Waals surface area (Å²) >= 11 is 0. The summed E-state index contributed by atoms with van der Waals surface area (Å²) in [5, 5.41) is 3.33. The maximum Gasteiger partial charge on any atom is 0.0623 e. The molecule has 0 spiro atoms. The lowest BCUT2D eigenvalue weighted by molar-refractivity contribution is 0.169. The molecule has 90 valence electrons. The quantitative estimate of drug-likeness (QED) is 0.665. The SMILES string of the molecule is C#CCN(CC1CC1)CC1COCC1NC. The van der Waals surface area contributed by atoms with E-state index in [0.29, 0.717) is 12.0 Å². The zero-order chi connectivity index (χ0) is 11.4. The molecule has 0 aromatic rings. The average molecular weight is 222 g/mol. The van der Waals surface area contributed by atoms with Crippen LogP contribution in [0, 0.1) is 24.2 Å². The Morgan fingerprint density at radius 1 is 1.38 bits per heavy atom. The van der Waals surface area contributed by atoms with E-state index in [0.717, 1.165) is 32.2 Å². The van der Waals surface area contributed by atoms with Gasteiger partial charge < -0.3 is 10.1 Å². The van der Waals surface area contributed by atoms with Crippen LogP contribution in [0.2, 0.25) is 0 Å². The number of nitrogens with one attached hydrogen (secondary N) is 1. The van der Waals surface area contributed by atoms with Crippen LogP contribution in [0.4, 0.5) is 0 Å². The highest BCUT2D eigenvalue weighted by Crippen LogP contribution is 2.30. The predicted octanol–water partition coefficient (Wildman–Crippen LogP) is 0.566. The summed E-state index contributed by atoms with van der Waals surface area (Å²) in [6.07, 6.45) is 8.20. The first-order valence-electron chi connectivity index (χ1n) is 6.24. The fourth-order valence-corrected chi connectivity index (χ4v) is 2.43. The molecule has 1 heterocycles. The Morgan fingerprint density at radius 3 is 2.81 bits per heavy atom. The maximum absolute atomic E-state index is 5.52. The Hall–Kier alpha value is -0.560. The minimum atomic E-state index is 0.500. The summed E-state index contributed by atoms with van der Waals surface area (Å²) in [4.78, 5) is 2.42. The first-order chi connectivity index (χ1) is 7.83. The molecule has 1 aliphatic carbocycles. The molecular weight excluding hydrogens is 200 g/mol. The molecule has 2 fully saturated rings. The summed E-state index contributed by atoms with van der Waals surface area (Å²) in [6, 6.07) is 0.500. The van der Waals surface area contributed by atoms with E-state index in [1.165, 1.54) is 19.4 Å². The molecule has 1 saturated heterocycles. The Kier molecular flexibility index (Phi) is 4.22. The molecule has 2 unspecified atom stereocenters. The lowest BCUT2D eigenvalue weighted by Gasteiger charge is -2.25. The average Bonchev–Trinajstić information content (AvgIpc) is 2.96. The van der Waals surface area contributed by atoms with Crippen molar-refractivity contribution in [1.29, 1.82) is 0 Å². The zero-order valence-corrected chi connectivity index (χ0v) is 10.1. The molecular formula is C13H22N2O. The molecule has 0 amide bonds. The standard InChI is InChI=1S/C13H22N2O/c1-3-6-15(7-11-4-5-11)8-12-9-16-10-13(12)14-2/h1,11-14H,4-10H2,2H3. The normalized spacial score (nSPS) is 29.6. The second-order valence-corrected chi connectivity index (χ2v) is 5.03. The summed E-state index contributed by atoms with van der Waals surface area (Å²) in [5.41, 5.74) is 0. The van der Waals surface area contributed by atoms with Crippen molar-refractivity contribution >= 4 is 0 Å². The first kappa shape index (κ1) is 11.9. The predicted molar refractivity (Wildman–Crippen MR) is 65.2 cm³/mol. The van der Waals surface area contributed by atoms with E-state index in [2.05, 4.69) is 16.1 Å². The Balaban J connectivity index is 1.81. The monoisotopic (exact) mass is 222 g/mol. The molecule has 2 atom stereocenters. The molecule has 2 aliphatic rings. The highest BCUT2D eigenvalue weighted by atomic mass is 16.5. The second kappa shape index (κ2) is 5.67. The van der Waals surface area contributed by atoms with E-state index < -0.39 is 0 Å². The topological polar surface area (TPSA) is 24.5 Å². The highest BCUT2D eigenvalue weighted by molar-refractivity contribution is 4.92. The van der Waals surface area contributed by atoms with Gasteiger partial charge in [-0.1, -0.05) is 5.92 Å². The van der Waals surface area contributed by atoms with Crippen molar-refractivity contribution in [2.45, 2.75) is 18.9 Å². The van der Waals surface area contributed by atoms with Gasteiger partial charge in [0.2, 0.25) is 0 Å². The van der Waals surface area contributed by atoms with Crippen LogP contribution >= 0.6 is 0 Å². The lowest BCUT2D eigenvalue weighted by Crippen LogP contribution is -2.41. The van der Waals surface area contributed by atoms with Crippen LogP contribution < -0.4 is 5.32 Å². The van der Waals surface area contributed by atoms with E-state index >= 15 is 0 Å². The minimum Gasteiger partial charge on any atom is -0.379 e. The van der Waals surface area contributed by atoms with Crippen LogP contribution in [0.1, 0.15) is 12.8 Å². The van der Waals surface area contributed by atoms with Crippen LogP contribution in [0.5, 0.6) is 0 Å². The van der Waals surface area contributed by atoms with Crippen molar-refractivity contribution in [2.75, 3.05) is 39.9 Å². The van der Waals surface area contributed by atoms with E-state index in [9.17, 15) is 0 Å². The van der Waals surface area contributed by atoms with Gasteiger partial charge in [0.25, 0.3) is 0 Å². The van der Waals surface area contributed by atoms with Gasteiger partial charge in [0.15, 0.2) is 0 Å². The van der Waals surface area contributed by atoms with E-state index in [-0.39, 0.29) is 0 Å². The summed E-state index contributed by atoms with van der Waals surface area (Å²) in [6.45, 7) is 4.75. The number of hydrogen-bond acceptors (Lipinski definition) is 3. The number of nitrogens with zero attached hydrogens (tertiary/aromatic N) is 1. The fraction of sp³-hybridized carbons (Fsp3) is 0.846. The third-order valence-electron chi connectivity index (χ3n) is 3.59. The molecule has 3 heteroatoms. The van der Waals surface area contributed by atoms with Crippen molar-refractivity contribution in [3.05, 3.63) is 0 Å². The van der Waals surface area contributed by atoms with Crippen molar-refractivity contribution in [3.63, 3.8) is 0 Å².